The lowest BCUT2D eigenvalue weighted by atomic mass is 10.0. The zero-order valence-electron chi connectivity index (χ0n) is 36.6. The van der Waals surface area contributed by atoms with Crippen molar-refractivity contribution in [3.63, 3.8) is 0 Å². The molecule has 0 radical (unpaired) electrons. The number of unbranched alkanes of at least 4 members (excludes halogenated alkanes) is 30. The highest BCUT2D eigenvalue weighted by molar-refractivity contribution is 7.47. The Kier molecular flexibility index (Phi) is 43.1. The van der Waals surface area contributed by atoms with Gasteiger partial charge in [0.1, 0.15) is 12.2 Å². The van der Waals surface area contributed by atoms with Crippen LogP contribution < -0.4 is 0 Å². The summed E-state index contributed by atoms with van der Waals surface area (Å²) < 4.78 is 33.4. The maximum Gasteiger partial charge on any atom is 0.472 e. The van der Waals surface area contributed by atoms with Crippen LogP contribution in [-0.2, 0) is 27.9 Å². The molecule has 0 aliphatic carbocycles. The van der Waals surface area contributed by atoms with Gasteiger partial charge in [-0.15, -0.1) is 0 Å². The number of ether oxygens (including phenoxy) is 2. The van der Waals surface area contributed by atoms with E-state index in [2.05, 4.69) is 26.0 Å². The second kappa shape index (κ2) is 43.8. The van der Waals surface area contributed by atoms with Crippen LogP contribution in [0.25, 0.3) is 0 Å². The van der Waals surface area contributed by atoms with E-state index in [1.807, 2.05) is 0 Å². The second-order valence-electron chi connectivity index (χ2n) is 16.1. The van der Waals surface area contributed by atoms with Crippen LogP contribution in [0.15, 0.2) is 12.2 Å². The molecule has 3 unspecified atom stereocenters. The van der Waals surface area contributed by atoms with Crippen molar-refractivity contribution in [2.45, 2.75) is 244 Å². The summed E-state index contributed by atoms with van der Waals surface area (Å²) in [4.78, 5) is 22.5. The van der Waals surface area contributed by atoms with Crippen LogP contribution in [0.4, 0.5) is 0 Å². The molecule has 0 bridgehead atoms. The summed E-state index contributed by atoms with van der Waals surface area (Å²) in [5, 5.41) is 18.3. The Labute approximate surface area is 345 Å². The second-order valence-corrected chi connectivity index (χ2v) is 17.6. The van der Waals surface area contributed by atoms with Gasteiger partial charge in [0.15, 0.2) is 0 Å². The van der Waals surface area contributed by atoms with Crippen molar-refractivity contribution in [2.24, 2.45) is 0 Å². The van der Waals surface area contributed by atoms with E-state index in [1.54, 1.807) is 0 Å². The van der Waals surface area contributed by atoms with E-state index >= 15 is 0 Å². The van der Waals surface area contributed by atoms with Crippen LogP contribution in [-0.4, -0.2) is 66.3 Å². The third-order valence-corrected chi connectivity index (χ3v) is 11.4. The normalized spacial score (nSPS) is 14.0. The Morgan fingerprint density at radius 1 is 0.536 bits per heavy atom. The number of aliphatic hydroxyl groups is 2. The predicted molar refractivity (Wildman–Crippen MR) is 233 cm³/mol. The van der Waals surface area contributed by atoms with Crippen LogP contribution >= 0.6 is 7.82 Å². The van der Waals surface area contributed by atoms with Gasteiger partial charge in [0.2, 0.25) is 0 Å². The van der Waals surface area contributed by atoms with E-state index in [-0.39, 0.29) is 25.6 Å². The Morgan fingerprint density at radius 3 is 1.39 bits per heavy atom. The monoisotopic (exact) mass is 819 g/mol. The van der Waals surface area contributed by atoms with Crippen molar-refractivity contribution in [3.05, 3.63) is 12.2 Å². The molecule has 0 rings (SSSR count). The molecule has 0 aromatic heterocycles. The number of hydrogen-bond donors (Lipinski definition) is 3. The smallest absolute Gasteiger partial charge is 0.457 e. The van der Waals surface area contributed by atoms with Crippen molar-refractivity contribution >= 4 is 13.8 Å². The first-order chi connectivity index (χ1) is 27.3. The van der Waals surface area contributed by atoms with Crippen LogP contribution in [0.5, 0.6) is 0 Å². The van der Waals surface area contributed by atoms with E-state index in [0.29, 0.717) is 6.61 Å². The van der Waals surface area contributed by atoms with Gasteiger partial charge in [-0.1, -0.05) is 206 Å². The first kappa shape index (κ1) is 55.2. The number of esters is 1. The minimum Gasteiger partial charge on any atom is -0.457 e. The largest absolute Gasteiger partial charge is 0.472 e. The number of rotatable bonds is 46. The van der Waals surface area contributed by atoms with Crippen LogP contribution in [0.2, 0.25) is 0 Å². The summed E-state index contributed by atoms with van der Waals surface area (Å²) in [6, 6.07) is 0. The SMILES string of the molecule is CCCC/C=C\CCCCCCCC(=O)OC(COCCCCCCCCCCCCCCCCCCCCCCCCCC)COP(=O)(O)OCC(O)CO. The van der Waals surface area contributed by atoms with Crippen LogP contribution in [0, 0.1) is 0 Å². The summed E-state index contributed by atoms with van der Waals surface area (Å²) in [5.41, 5.74) is 0. The molecule has 0 heterocycles. The molecule has 0 aromatic carbocycles. The third kappa shape index (κ3) is 42.8. The number of aliphatic hydroxyl groups excluding tert-OH is 2. The Morgan fingerprint density at radius 2 is 0.929 bits per heavy atom. The lowest BCUT2D eigenvalue weighted by Crippen LogP contribution is -2.29. The Balaban J connectivity index is 3.95. The molecule has 3 N–H and O–H groups in total. The summed E-state index contributed by atoms with van der Waals surface area (Å²) in [6.07, 6.45) is 44.8. The number of phosphoric ester groups is 1. The fraction of sp³-hybridized carbons (Fsp3) is 0.935. The van der Waals surface area contributed by atoms with Gasteiger partial charge in [0, 0.05) is 13.0 Å². The van der Waals surface area contributed by atoms with Gasteiger partial charge in [-0.2, -0.15) is 0 Å². The molecule has 0 aromatic rings. The van der Waals surface area contributed by atoms with Crippen LogP contribution in [0.1, 0.15) is 232 Å². The molecule has 0 spiro atoms. The molecule has 334 valence electrons. The fourth-order valence-electron chi connectivity index (χ4n) is 6.81. The first-order valence-electron chi connectivity index (χ1n) is 23.7. The summed E-state index contributed by atoms with van der Waals surface area (Å²) >= 11 is 0. The number of allylic oxidation sites excluding steroid dienone is 2. The summed E-state index contributed by atoms with van der Waals surface area (Å²) in [5.74, 6) is -0.389. The zero-order chi connectivity index (χ0) is 41.1. The molecule has 0 saturated carbocycles. The molecule has 3 atom stereocenters. The molecule has 9 nitrogen and oxygen atoms in total. The topological polar surface area (TPSA) is 132 Å². The van der Waals surface area contributed by atoms with Crippen molar-refractivity contribution < 1.29 is 43.0 Å². The molecule has 0 aliphatic heterocycles. The molecule has 56 heavy (non-hydrogen) atoms. The minimum absolute atomic E-state index is 0.0517. The lowest BCUT2D eigenvalue weighted by Gasteiger charge is -2.20. The molecular formula is C46H91O9P. The molecule has 10 heteroatoms. The first-order valence-corrected chi connectivity index (χ1v) is 25.2. The Hall–Kier alpha value is -0.800. The van der Waals surface area contributed by atoms with Crippen molar-refractivity contribution in [1.29, 1.82) is 0 Å². The maximum absolute atomic E-state index is 12.6. The van der Waals surface area contributed by atoms with E-state index in [4.69, 9.17) is 23.6 Å². The average Bonchev–Trinajstić information content (AvgIpc) is 3.19. The fourth-order valence-corrected chi connectivity index (χ4v) is 7.60. The van der Waals surface area contributed by atoms with Crippen molar-refractivity contribution in [1.82, 2.24) is 0 Å². The Bertz CT molecular complexity index is 887. The standard InChI is InChI=1S/C46H91O9P/c1-3-5-7-9-11-13-15-16-17-18-19-20-21-22-23-24-25-26-27-29-31-33-35-37-39-52-42-45(43-54-56(50,51)53-41-44(48)40-47)55-46(49)38-36-34-32-30-28-14-12-10-8-6-4-2/h10,12,44-45,47-48H,3-9,11,13-43H2,1-2H3,(H,50,51)/b12-10-. The van der Waals surface area contributed by atoms with E-state index in [1.165, 1.54) is 154 Å². The number of carbonyl (C=O) groups is 1. The lowest BCUT2D eigenvalue weighted by molar-refractivity contribution is -0.154. The highest BCUT2D eigenvalue weighted by atomic mass is 31.2. The summed E-state index contributed by atoms with van der Waals surface area (Å²) in [7, 11) is -4.51. The molecule has 0 amide bonds. The zero-order valence-corrected chi connectivity index (χ0v) is 37.5. The van der Waals surface area contributed by atoms with Gasteiger partial charge < -0.3 is 24.6 Å². The highest BCUT2D eigenvalue weighted by Crippen LogP contribution is 2.43. The quantitative estimate of drug-likeness (QED) is 0.0238. The minimum atomic E-state index is -4.51. The van der Waals surface area contributed by atoms with E-state index in [0.717, 1.165) is 57.8 Å². The van der Waals surface area contributed by atoms with Crippen molar-refractivity contribution in [3.8, 4) is 0 Å². The number of carbonyl (C=O) groups excluding carboxylic acids is 1. The van der Waals surface area contributed by atoms with E-state index < -0.39 is 33.2 Å². The molecular weight excluding hydrogens is 727 g/mol. The van der Waals surface area contributed by atoms with Gasteiger partial charge in [-0.25, -0.2) is 4.57 Å². The maximum atomic E-state index is 12.6. The average molecular weight is 819 g/mol. The molecule has 0 fully saturated rings. The third-order valence-electron chi connectivity index (χ3n) is 10.5. The van der Waals surface area contributed by atoms with Gasteiger partial charge in [-0.05, 0) is 32.1 Å². The highest BCUT2D eigenvalue weighted by Gasteiger charge is 2.26. The number of hydrogen-bond acceptors (Lipinski definition) is 8. The molecule has 0 aliphatic rings. The van der Waals surface area contributed by atoms with Gasteiger partial charge in [-0.3, -0.25) is 13.8 Å². The van der Waals surface area contributed by atoms with Gasteiger partial charge in [0.25, 0.3) is 0 Å². The van der Waals surface area contributed by atoms with Gasteiger partial charge >= 0.3 is 13.8 Å². The van der Waals surface area contributed by atoms with Gasteiger partial charge in [0.05, 0.1) is 26.4 Å². The molecule has 0 saturated heterocycles. The predicted octanol–water partition coefficient (Wildman–Crippen LogP) is 13.3. The van der Waals surface area contributed by atoms with E-state index in [9.17, 15) is 19.4 Å². The summed E-state index contributed by atoms with van der Waals surface area (Å²) in [6.45, 7) is 3.51. The van der Waals surface area contributed by atoms with Crippen molar-refractivity contribution in [2.75, 3.05) is 33.0 Å². The van der Waals surface area contributed by atoms with Crippen LogP contribution in [0.3, 0.4) is 0 Å². The number of phosphoric acid groups is 1.